The van der Waals surface area contributed by atoms with Gasteiger partial charge in [0.2, 0.25) is 5.91 Å². The molecule has 1 aromatic rings. The number of hydrogen-bond acceptors (Lipinski definition) is 3. The molecule has 5 heteroatoms. The first kappa shape index (κ1) is 15.0. The van der Waals surface area contributed by atoms with Crippen LogP contribution in [-0.2, 0) is 11.2 Å². The van der Waals surface area contributed by atoms with Crippen LogP contribution in [0.5, 0.6) is 0 Å². The van der Waals surface area contributed by atoms with Gasteiger partial charge in [0.25, 0.3) is 0 Å². The van der Waals surface area contributed by atoms with Crippen molar-refractivity contribution in [2.45, 2.75) is 26.7 Å². The molecule has 1 rings (SSSR count). The summed E-state index contributed by atoms with van der Waals surface area (Å²) in [5.41, 5.74) is 7.76. The SMILES string of the molecule is CCN(CC(N)=NO)C(=O)CCc1cccc(C)c1. The number of aryl methyl sites for hydroxylation is 2. The average Bonchev–Trinajstić information content (AvgIpc) is 2.41. The molecule has 0 radical (unpaired) electrons. The topological polar surface area (TPSA) is 78.9 Å². The zero-order chi connectivity index (χ0) is 14.3. The molecule has 0 saturated heterocycles. The molecule has 0 aromatic heterocycles. The van der Waals surface area contributed by atoms with Gasteiger partial charge in [-0.05, 0) is 25.8 Å². The molecule has 5 nitrogen and oxygen atoms in total. The van der Waals surface area contributed by atoms with Crippen molar-refractivity contribution < 1.29 is 10.0 Å². The Morgan fingerprint density at radius 2 is 2.21 bits per heavy atom. The molecule has 1 amide bonds. The van der Waals surface area contributed by atoms with Crippen molar-refractivity contribution in [3.8, 4) is 0 Å². The number of carbonyl (C=O) groups is 1. The Bertz CT molecular complexity index is 458. The third kappa shape index (κ3) is 4.99. The van der Waals surface area contributed by atoms with E-state index >= 15 is 0 Å². The normalized spacial score (nSPS) is 11.4. The molecule has 0 unspecified atom stereocenters. The molecule has 0 bridgehead atoms. The van der Waals surface area contributed by atoms with Crippen LogP contribution in [-0.4, -0.2) is 34.9 Å². The van der Waals surface area contributed by atoms with Crippen molar-refractivity contribution in [3.05, 3.63) is 35.4 Å². The zero-order valence-electron chi connectivity index (χ0n) is 11.5. The largest absolute Gasteiger partial charge is 0.409 e. The van der Waals surface area contributed by atoms with E-state index in [4.69, 9.17) is 10.9 Å². The van der Waals surface area contributed by atoms with E-state index in [9.17, 15) is 4.79 Å². The van der Waals surface area contributed by atoms with Crippen molar-refractivity contribution in [1.29, 1.82) is 0 Å². The lowest BCUT2D eigenvalue weighted by atomic mass is 10.1. The maximum atomic E-state index is 12.0. The number of nitrogens with zero attached hydrogens (tertiary/aromatic N) is 2. The summed E-state index contributed by atoms with van der Waals surface area (Å²) in [6.07, 6.45) is 1.13. The number of amidine groups is 1. The van der Waals surface area contributed by atoms with Gasteiger partial charge in [-0.1, -0.05) is 35.0 Å². The maximum Gasteiger partial charge on any atom is 0.223 e. The first-order valence-electron chi connectivity index (χ1n) is 6.36. The Kier molecular flexibility index (Phi) is 5.85. The van der Waals surface area contributed by atoms with Crippen molar-refractivity contribution in [3.63, 3.8) is 0 Å². The summed E-state index contributed by atoms with van der Waals surface area (Å²) in [5, 5.41) is 11.4. The summed E-state index contributed by atoms with van der Waals surface area (Å²) in [4.78, 5) is 13.6. The number of nitrogens with two attached hydrogens (primary N) is 1. The van der Waals surface area contributed by atoms with Crippen molar-refractivity contribution in [1.82, 2.24) is 4.90 Å². The third-order valence-electron chi connectivity index (χ3n) is 2.93. The average molecular weight is 263 g/mol. The molecule has 0 aliphatic heterocycles. The minimum absolute atomic E-state index is 0.00982. The van der Waals surface area contributed by atoms with E-state index in [0.29, 0.717) is 19.4 Å². The van der Waals surface area contributed by atoms with E-state index in [1.165, 1.54) is 5.56 Å². The Morgan fingerprint density at radius 3 is 2.79 bits per heavy atom. The second-order valence-corrected chi connectivity index (χ2v) is 4.49. The second-order valence-electron chi connectivity index (χ2n) is 4.49. The van der Waals surface area contributed by atoms with Gasteiger partial charge in [-0.2, -0.15) is 0 Å². The molecule has 1 aromatic carbocycles. The van der Waals surface area contributed by atoms with Gasteiger partial charge in [0.1, 0.15) is 0 Å². The monoisotopic (exact) mass is 263 g/mol. The molecule has 104 valence electrons. The summed E-state index contributed by atoms with van der Waals surface area (Å²) in [5.74, 6) is 0.0568. The van der Waals surface area contributed by atoms with Gasteiger partial charge >= 0.3 is 0 Å². The van der Waals surface area contributed by atoms with Crippen molar-refractivity contribution >= 4 is 11.7 Å². The smallest absolute Gasteiger partial charge is 0.223 e. The highest BCUT2D eigenvalue weighted by molar-refractivity contribution is 5.86. The van der Waals surface area contributed by atoms with E-state index in [1.54, 1.807) is 4.90 Å². The van der Waals surface area contributed by atoms with E-state index in [0.717, 1.165) is 5.56 Å². The molecule has 0 spiro atoms. The van der Waals surface area contributed by atoms with Crippen LogP contribution in [0.2, 0.25) is 0 Å². The van der Waals surface area contributed by atoms with Gasteiger partial charge in [0.05, 0.1) is 6.54 Å². The van der Waals surface area contributed by atoms with Crippen LogP contribution in [0.4, 0.5) is 0 Å². The predicted octanol–water partition coefficient (Wildman–Crippen LogP) is 1.52. The standard InChI is InChI=1S/C14H21N3O2/c1-3-17(10-13(15)16-19)14(18)8-7-12-6-4-5-11(2)9-12/h4-6,9,19H,3,7-8,10H2,1-2H3,(H2,15,16). The lowest BCUT2D eigenvalue weighted by molar-refractivity contribution is -0.130. The lowest BCUT2D eigenvalue weighted by Crippen LogP contribution is -2.38. The number of oxime groups is 1. The number of carbonyl (C=O) groups excluding carboxylic acids is 1. The molecular weight excluding hydrogens is 242 g/mol. The molecule has 0 fully saturated rings. The quantitative estimate of drug-likeness (QED) is 0.353. The molecule has 0 aliphatic rings. The van der Waals surface area contributed by atoms with E-state index in [-0.39, 0.29) is 18.3 Å². The highest BCUT2D eigenvalue weighted by atomic mass is 16.4. The van der Waals surface area contributed by atoms with Crippen LogP contribution in [0.3, 0.4) is 0 Å². The lowest BCUT2D eigenvalue weighted by Gasteiger charge is -2.20. The number of likely N-dealkylation sites (N-methyl/N-ethyl adjacent to an activating group) is 1. The van der Waals surface area contributed by atoms with Gasteiger partial charge in [0.15, 0.2) is 5.84 Å². The Labute approximate surface area is 113 Å². The number of amides is 1. The van der Waals surface area contributed by atoms with Gasteiger partial charge in [0, 0.05) is 13.0 Å². The van der Waals surface area contributed by atoms with Crippen LogP contribution < -0.4 is 5.73 Å². The number of rotatable bonds is 6. The van der Waals surface area contributed by atoms with E-state index < -0.39 is 0 Å². The van der Waals surface area contributed by atoms with Crippen LogP contribution >= 0.6 is 0 Å². The summed E-state index contributed by atoms with van der Waals surface area (Å²) >= 11 is 0. The minimum Gasteiger partial charge on any atom is -0.409 e. The summed E-state index contributed by atoms with van der Waals surface area (Å²) in [6, 6.07) is 8.11. The maximum absolute atomic E-state index is 12.0. The first-order chi connectivity index (χ1) is 9.06. The van der Waals surface area contributed by atoms with Crippen molar-refractivity contribution in [2.75, 3.05) is 13.1 Å². The molecule has 0 atom stereocenters. The number of hydrogen-bond donors (Lipinski definition) is 2. The second kappa shape index (κ2) is 7.41. The van der Waals surface area contributed by atoms with E-state index in [2.05, 4.69) is 11.2 Å². The first-order valence-corrected chi connectivity index (χ1v) is 6.36. The van der Waals surface area contributed by atoms with Gasteiger partial charge in [-0.3, -0.25) is 4.79 Å². The summed E-state index contributed by atoms with van der Waals surface area (Å²) in [6.45, 7) is 4.61. The van der Waals surface area contributed by atoms with Crippen LogP contribution in [0.25, 0.3) is 0 Å². The molecule has 0 aliphatic carbocycles. The summed E-state index contributed by atoms with van der Waals surface area (Å²) in [7, 11) is 0. The fraction of sp³-hybridized carbons (Fsp3) is 0.429. The summed E-state index contributed by atoms with van der Waals surface area (Å²) < 4.78 is 0. The third-order valence-corrected chi connectivity index (χ3v) is 2.93. The van der Waals surface area contributed by atoms with Crippen molar-refractivity contribution in [2.24, 2.45) is 10.9 Å². The Balaban J connectivity index is 2.53. The number of benzene rings is 1. The van der Waals surface area contributed by atoms with Gasteiger partial charge < -0.3 is 15.8 Å². The highest BCUT2D eigenvalue weighted by Gasteiger charge is 2.13. The minimum atomic E-state index is 0.00982. The van der Waals surface area contributed by atoms with Crippen LogP contribution in [0.1, 0.15) is 24.5 Å². The highest BCUT2D eigenvalue weighted by Crippen LogP contribution is 2.08. The van der Waals surface area contributed by atoms with Crippen LogP contribution in [0, 0.1) is 6.92 Å². The van der Waals surface area contributed by atoms with Gasteiger partial charge in [-0.25, -0.2) is 0 Å². The van der Waals surface area contributed by atoms with E-state index in [1.807, 2.05) is 32.0 Å². The molecule has 0 heterocycles. The Hall–Kier alpha value is -2.04. The fourth-order valence-corrected chi connectivity index (χ4v) is 1.88. The molecule has 0 saturated carbocycles. The van der Waals surface area contributed by atoms with Gasteiger partial charge in [-0.15, -0.1) is 0 Å². The van der Waals surface area contributed by atoms with Crippen LogP contribution in [0.15, 0.2) is 29.4 Å². The predicted molar refractivity (Wildman–Crippen MR) is 75.2 cm³/mol. The molecular formula is C14H21N3O2. The Morgan fingerprint density at radius 1 is 1.47 bits per heavy atom. The molecule has 19 heavy (non-hydrogen) atoms. The molecule has 3 N–H and O–H groups in total. The zero-order valence-corrected chi connectivity index (χ0v) is 11.5. The fourth-order valence-electron chi connectivity index (χ4n) is 1.88.